The minimum Gasteiger partial charge on any atom is -0.457 e. The number of benzene rings is 16. The van der Waals surface area contributed by atoms with Gasteiger partial charge in [-0.3, -0.25) is 0 Å². The van der Waals surface area contributed by atoms with Crippen molar-refractivity contribution in [3.8, 4) is 67.6 Å². The molecule has 0 saturated heterocycles. The molecule has 2 aliphatic carbocycles. The third-order valence-corrected chi connectivity index (χ3v) is 24.8. The van der Waals surface area contributed by atoms with Crippen molar-refractivity contribution in [3.63, 3.8) is 0 Å². The van der Waals surface area contributed by atoms with Gasteiger partial charge in [0.25, 0.3) is 0 Å². The first-order chi connectivity index (χ1) is 51.6. The van der Waals surface area contributed by atoms with E-state index in [2.05, 4.69) is 370 Å². The van der Waals surface area contributed by atoms with Crippen molar-refractivity contribution >= 4 is 99.0 Å². The summed E-state index contributed by atoms with van der Waals surface area (Å²) in [6.45, 7) is 0. The Morgan fingerprint density at radius 2 is 0.500 bits per heavy atom. The largest absolute Gasteiger partial charge is 0.457 e. The highest BCUT2D eigenvalue weighted by molar-refractivity contribution is 7.99. The molecule has 0 atom stereocenters. The molecule has 0 N–H and O–H groups in total. The van der Waals surface area contributed by atoms with Gasteiger partial charge in [-0.1, -0.05) is 212 Å². The summed E-state index contributed by atoms with van der Waals surface area (Å²) in [5, 5.41) is 9.81. The van der Waals surface area contributed by atoms with Gasteiger partial charge in [-0.25, -0.2) is 0 Å². The topological polar surface area (TPSA) is 28.9 Å². The number of fused-ring (bicyclic) bond motifs is 30. The van der Waals surface area contributed by atoms with E-state index in [1.165, 1.54) is 142 Å². The van der Waals surface area contributed by atoms with Crippen molar-refractivity contribution < 1.29 is 4.74 Å². The Morgan fingerprint density at radius 1 is 0.202 bits per heavy atom. The van der Waals surface area contributed by atoms with E-state index >= 15 is 0 Å². The van der Waals surface area contributed by atoms with Crippen molar-refractivity contribution in [1.82, 2.24) is 18.3 Å². The van der Waals surface area contributed by atoms with Gasteiger partial charge < -0.3 is 23.0 Å². The summed E-state index contributed by atoms with van der Waals surface area (Å²) in [7, 11) is 0. The summed E-state index contributed by atoms with van der Waals surface area (Å²) in [6.07, 6.45) is 0. The molecule has 2 aliphatic heterocycles. The van der Waals surface area contributed by atoms with Crippen molar-refractivity contribution in [3.05, 3.63) is 396 Å². The van der Waals surface area contributed by atoms with E-state index in [0.29, 0.717) is 0 Å². The van der Waals surface area contributed by atoms with Crippen molar-refractivity contribution in [1.29, 1.82) is 0 Å². The highest BCUT2D eigenvalue weighted by atomic mass is 32.2. The van der Waals surface area contributed by atoms with Gasteiger partial charge in [0.05, 0.1) is 55.0 Å². The number of rotatable bonds is 5. The number of nitrogens with zero attached hydrogens (tertiary/aromatic N) is 4. The molecule has 20 aromatic rings. The van der Waals surface area contributed by atoms with Crippen LogP contribution in [0.4, 0.5) is 0 Å². The summed E-state index contributed by atoms with van der Waals surface area (Å²) in [6, 6.07) is 132. The fourth-order valence-electron chi connectivity index (χ4n) is 19.5. The Kier molecular flexibility index (Phi) is 11.3. The molecule has 4 aliphatic rings. The molecule has 2 spiro atoms. The summed E-state index contributed by atoms with van der Waals surface area (Å²) < 4.78 is 16.9. The van der Waals surface area contributed by atoms with Gasteiger partial charge in [0.1, 0.15) is 11.5 Å². The molecule has 0 radical (unpaired) electrons. The van der Waals surface area contributed by atoms with Crippen molar-refractivity contribution in [2.24, 2.45) is 0 Å². The molecule has 16 aromatic carbocycles. The second-order valence-electron chi connectivity index (χ2n) is 28.5. The van der Waals surface area contributed by atoms with Crippen LogP contribution in [0.5, 0.6) is 11.5 Å². The van der Waals surface area contributed by atoms with Gasteiger partial charge in [0.15, 0.2) is 0 Å². The molecule has 0 saturated carbocycles. The summed E-state index contributed by atoms with van der Waals surface area (Å²) in [5.74, 6) is 1.74. The lowest BCUT2D eigenvalue weighted by Gasteiger charge is -2.39. The zero-order valence-electron chi connectivity index (χ0n) is 56.1. The Labute approximate surface area is 602 Å². The van der Waals surface area contributed by atoms with Gasteiger partial charge in [0.2, 0.25) is 0 Å². The third kappa shape index (κ3) is 7.29. The standard InChI is InChI=1S/C98H58N4OS/c1-4-24-61(25-5-1)99-85-37-17-10-30-65(85)73-51-68-69-52-75-67-32-12-19-39-87(67)102(91(75)56-82(69)97(81(68)55-89(73)99)77-33-13-20-40-93(77)103-94-41-21-14-34-78(94)97)64-47-44-59(45-48-64)60-46-49-88-72(50-60)76-54-71-70-53-74-66-31-11-18-38-86(66)100(62-26-6-2-7-27-62)90(74)57-83(70)98(84(71)58-92(76)101(88)63-28-8-3-9-29-63)79-35-15-22-42-95(79)104-96-43-23-16-36-80(96)98/h1-58H. The van der Waals surface area contributed by atoms with E-state index in [1.54, 1.807) is 0 Å². The zero-order chi connectivity index (χ0) is 67.7. The van der Waals surface area contributed by atoms with Gasteiger partial charge >= 0.3 is 0 Å². The van der Waals surface area contributed by atoms with E-state index in [-0.39, 0.29) is 0 Å². The highest BCUT2D eigenvalue weighted by Crippen LogP contribution is 2.66. The first-order valence-electron chi connectivity index (χ1n) is 36.0. The van der Waals surface area contributed by atoms with E-state index in [4.69, 9.17) is 4.74 Å². The van der Waals surface area contributed by atoms with Crippen molar-refractivity contribution in [2.45, 2.75) is 20.6 Å². The van der Waals surface area contributed by atoms with Gasteiger partial charge in [-0.05, 0) is 218 Å². The molecule has 5 nitrogen and oxygen atoms in total. The first kappa shape index (κ1) is 56.6. The highest BCUT2D eigenvalue weighted by Gasteiger charge is 2.53. The number of aromatic nitrogens is 4. The molecular weight excluding hydrogens is 1280 g/mol. The first-order valence-corrected chi connectivity index (χ1v) is 36.8. The van der Waals surface area contributed by atoms with E-state index in [0.717, 1.165) is 67.5 Å². The average molecular weight is 1340 g/mol. The Morgan fingerprint density at radius 3 is 0.913 bits per heavy atom. The molecule has 6 heteroatoms. The zero-order valence-corrected chi connectivity index (χ0v) is 56.9. The quantitative estimate of drug-likeness (QED) is 0.172. The maximum absolute atomic E-state index is 6.96. The van der Waals surface area contributed by atoms with Crippen LogP contribution in [0.1, 0.15) is 44.5 Å². The van der Waals surface area contributed by atoms with E-state index in [1.807, 2.05) is 11.8 Å². The molecular formula is C98H58N4OS. The monoisotopic (exact) mass is 1340 g/mol. The van der Waals surface area contributed by atoms with Crippen LogP contribution in [0, 0.1) is 0 Å². The molecule has 482 valence electrons. The molecule has 0 fully saturated rings. The number of ether oxygens (including phenoxy) is 1. The summed E-state index contributed by atoms with van der Waals surface area (Å²) >= 11 is 1.89. The van der Waals surface area contributed by atoms with E-state index in [9.17, 15) is 0 Å². The van der Waals surface area contributed by atoms with Crippen LogP contribution in [0.25, 0.3) is 143 Å². The summed E-state index contributed by atoms with van der Waals surface area (Å²) in [5.41, 5.74) is 30.0. The van der Waals surface area contributed by atoms with Gasteiger partial charge in [0, 0.05) is 86.8 Å². The number of para-hydroxylation sites is 8. The molecule has 24 rings (SSSR count). The van der Waals surface area contributed by atoms with Crippen LogP contribution < -0.4 is 4.74 Å². The average Bonchev–Trinajstić information content (AvgIpc) is 1.49. The van der Waals surface area contributed by atoms with Crippen LogP contribution in [-0.4, -0.2) is 18.3 Å². The lowest BCUT2D eigenvalue weighted by molar-refractivity contribution is 0.436. The van der Waals surface area contributed by atoms with Crippen LogP contribution in [0.2, 0.25) is 0 Å². The fourth-order valence-corrected chi connectivity index (χ4v) is 20.7. The predicted molar refractivity (Wildman–Crippen MR) is 428 cm³/mol. The van der Waals surface area contributed by atoms with Gasteiger partial charge in [-0.2, -0.15) is 0 Å². The minimum atomic E-state index is -0.725. The fraction of sp³-hybridized carbons (Fsp3) is 0.0204. The lowest BCUT2D eigenvalue weighted by atomic mass is 9.66. The maximum atomic E-state index is 6.96. The lowest BCUT2D eigenvalue weighted by Crippen LogP contribution is -2.32. The Hall–Kier alpha value is -13.1. The smallest absolute Gasteiger partial charge is 0.132 e. The second-order valence-corrected chi connectivity index (χ2v) is 29.6. The maximum Gasteiger partial charge on any atom is 0.132 e. The molecule has 0 unspecified atom stereocenters. The predicted octanol–water partition coefficient (Wildman–Crippen LogP) is 25.0. The van der Waals surface area contributed by atoms with Crippen LogP contribution in [0.15, 0.2) is 362 Å². The summed E-state index contributed by atoms with van der Waals surface area (Å²) in [4.78, 5) is 2.57. The van der Waals surface area contributed by atoms with Crippen molar-refractivity contribution in [2.75, 3.05) is 0 Å². The van der Waals surface area contributed by atoms with Crippen LogP contribution in [0.3, 0.4) is 0 Å². The van der Waals surface area contributed by atoms with Gasteiger partial charge in [-0.15, -0.1) is 0 Å². The minimum absolute atomic E-state index is 0.627. The molecule has 4 aromatic heterocycles. The van der Waals surface area contributed by atoms with E-state index < -0.39 is 10.8 Å². The Bertz CT molecular complexity index is 7060. The second kappa shape index (κ2) is 20.8. The molecule has 0 bridgehead atoms. The SMILES string of the molecule is c1ccc(-n2c3ccccc3c3cc4c(cc32)C2(c3ccccc3Oc3ccccc32)c2cc3c(cc2-4)c2ccccc2n3-c2ccc(-c3ccc4c(c3)c3cc5c(cc3n4-c3ccccc3)C3(c4ccccc4Sc4ccccc43)c3cc4c(cc3-5)c3ccccc3n4-c3ccccc3)cc2)cc1. The number of hydrogen-bond acceptors (Lipinski definition) is 2. The van der Waals surface area contributed by atoms with Crippen LogP contribution >= 0.6 is 11.8 Å². The van der Waals surface area contributed by atoms with Crippen LogP contribution in [-0.2, 0) is 10.8 Å². The number of hydrogen-bond donors (Lipinski definition) is 0. The molecule has 6 heterocycles. The molecule has 0 amide bonds. The normalized spacial score (nSPS) is 14.0. The molecule has 104 heavy (non-hydrogen) atoms. The third-order valence-electron chi connectivity index (χ3n) is 23.6. The Balaban J connectivity index is 0.713.